The molecule has 6 heteroatoms. The van der Waals surface area contributed by atoms with Crippen LogP contribution in [-0.4, -0.2) is 61.2 Å². The SMILES string of the molecule is CC/C=C\C/C=C\C/C=C\C/C=C\C/C=C\C/C=C\CCC(=O)NCCN(C)CCNC(=O)[C@]12CC[C@@H](C)[C@H](C)C1C1=CCC3[C@@]4(C)CC[C@H](O)C(C)(C)C4CC[C@@]3(C)[C@]1(C)CC2. The highest BCUT2D eigenvalue weighted by Crippen LogP contribution is 2.75. The number of aliphatic hydroxyl groups is 1. The van der Waals surface area contributed by atoms with Gasteiger partial charge in [-0.1, -0.05) is 140 Å². The first-order valence-corrected chi connectivity index (χ1v) is 25.6. The summed E-state index contributed by atoms with van der Waals surface area (Å²) < 4.78 is 0. The zero-order valence-electron chi connectivity index (χ0n) is 41.5. The molecule has 5 aliphatic rings. The van der Waals surface area contributed by atoms with Crippen LogP contribution in [0.5, 0.6) is 0 Å². The molecule has 352 valence electrons. The summed E-state index contributed by atoms with van der Waals surface area (Å²) in [5.74, 6) is 2.87. The average molecular weight is 866 g/mol. The molecule has 4 saturated carbocycles. The van der Waals surface area contributed by atoms with Crippen molar-refractivity contribution >= 4 is 11.8 Å². The number of carbonyl (C=O) groups is 2. The molecule has 0 bridgehead atoms. The first-order valence-electron chi connectivity index (χ1n) is 25.6. The lowest BCUT2D eigenvalue weighted by molar-refractivity contribution is -0.204. The molecule has 5 rings (SSSR count). The molecule has 6 nitrogen and oxygen atoms in total. The third-order valence-corrected chi connectivity index (χ3v) is 18.2. The molecular weight excluding hydrogens is 775 g/mol. The second-order valence-corrected chi connectivity index (χ2v) is 22.0. The third kappa shape index (κ3) is 11.5. The number of carbonyl (C=O) groups excluding carboxylic acids is 2. The molecule has 4 fully saturated rings. The summed E-state index contributed by atoms with van der Waals surface area (Å²) in [6.07, 6.45) is 45.7. The van der Waals surface area contributed by atoms with Gasteiger partial charge >= 0.3 is 0 Å². The first kappa shape index (κ1) is 51.0. The summed E-state index contributed by atoms with van der Waals surface area (Å²) in [6, 6.07) is 0. The van der Waals surface area contributed by atoms with Crippen LogP contribution in [0.15, 0.2) is 84.6 Å². The van der Waals surface area contributed by atoms with Crippen LogP contribution in [0.3, 0.4) is 0 Å². The molecular formula is C57H91N3O3. The Kier molecular flexibility index (Phi) is 18.6. The van der Waals surface area contributed by atoms with Crippen LogP contribution < -0.4 is 10.6 Å². The van der Waals surface area contributed by atoms with Crippen molar-refractivity contribution in [1.82, 2.24) is 15.5 Å². The van der Waals surface area contributed by atoms with Gasteiger partial charge in [0.2, 0.25) is 11.8 Å². The summed E-state index contributed by atoms with van der Waals surface area (Å²) in [4.78, 5) is 29.4. The van der Waals surface area contributed by atoms with E-state index in [2.05, 4.69) is 157 Å². The standard InChI is InChI=1S/C57H91N3O3/c1-10-11-12-13-14-15-16-17-18-19-20-21-22-23-24-25-26-27-28-29-50(62)58-40-42-60(9)43-41-59-52(63)57-37-32-44(2)45(3)51(57)46-30-31-48-54(6)35-34-49(61)53(4,5)47(54)33-36-56(48,8)55(46,7)38-39-57/h11-12,14-15,17-18,20-21,23-24,26-27,30,44-45,47-49,51,61H,10,13,16,19,22,25,28-29,31-43H2,1-9H3,(H,58,62)(H,59,63)/b12-11-,15-14-,18-17-,21-20-,24-23-,27-26-/t44-,45+,47?,48?,49+,51?,54+,55-,56-,57+/m1/s1. The van der Waals surface area contributed by atoms with Crippen molar-refractivity contribution in [3.05, 3.63) is 84.6 Å². The van der Waals surface area contributed by atoms with E-state index in [0.29, 0.717) is 43.2 Å². The van der Waals surface area contributed by atoms with Crippen molar-refractivity contribution in [3.63, 3.8) is 0 Å². The Bertz CT molecular complexity index is 1720. The maximum Gasteiger partial charge on any atom is 0.226 e. The van der Waals surface area contributed by atoms with E-state index in [0.717, 1.165) is 103 Å². The van der Waals surface area contributed by atoms with Crippen LogP contribution >= 0.6 is 0 Å². The van der Waals surface area contributed by atoms with Gasteiger partial charge in [-0.05, 0) is 161 Å². The van der Waals surface area contributed by atoms with E-state index in [4.69, 9.17) is 0 Å². The Balaban J connectivity index is 1.02. The van der Waals surface area contributed by atoms with Crippen molar-refractivity contribution in [2.75, 3.05) is 33.2 Å². The van der Waals surface area contributed by atoms with E-state index >= 15 is 0 Å². The highest BCUT2D eigenvalue weighted by Gasteiger charge is 2.69. The van der Waals surface area contributed by atoms with Gasteiger partial charge in [0.05, 0.1) is 11.5 Å². The predicted octanol–water partition coefficient (Wildman–Crippen LogP) is 12.6. The lowest BCUT2D eigenvalue weighted by Crippen LogP contribution is -2.66. The normalized spacial score (nSPS) is 35.4. The summed E-state index contributed by atoms with van der Waals surface area (Å²) in [6.45, 7) is 22.3. The number of likely N-dealkylation sites (N-methyl/N-ethyl adjacent to an activating group) is 1. The summed E-state index contributed by atoms with van der Waals surface area (Å²) in [7, 11) is 2.08. The molecule has 2 amide bonds. The lowest BCUT2D eigenvalue weighted by Gasteiger charge is -2.71. The van der Waals surface area contributed by atoms with Gasteiger partial charge in [0, 0.05) is 32.6 Å². The monoisotopic (exact) mass is 866 g/mol. The van der Waals surface area contributed by atoms with E-state index in [1.807, 2.05) is 0 Å². The highest BCUT2D eigenvalue weighted by atomic mass is 16.3. The van der Waals surface area contributed by atoms with E-state index in [9.17, 15) is 14.7 Å². The number of hydrogen-bond acceptors (Lipinski definition) is 4. The van der Waals surface area contributed by atoms with Crippen LogP contribution in [0.1, 0.15) is 165 Å². The van der Waals surface area contributed by atoms with Gasteiger partial charge in [0.25, 0.3) is 0 Å². The van der Waals surface area contributed by atoms with Crippen LogP contribution in [0, 0.1) is 56.7 Å². The second kappa shape index (κ2) is 23.0. The fourth-order valence-corrected chi connectivity index (χ4v) is 13.8. The van der Waals surface area contributed by atoms with E-state index in [-0.39, 0.29) is 50.9 Å². The molecule has 10 atom stereocenters. The average Bonchev–Trinajstić information content (AvgIpc) is 3.24. The topological polar surface area (TPSA) is 81.7 Å². The number of nitrogens with zero attached hydrogens (tertiary/aromatic N) is 1. The third-order valence-electron chi connectivity index (χ3n) is 18.2. The van der Waals surface area contributed by atoms with E-state index in [1.165, 1.54) is 12.8 Å². The Hall–Kier alpha value is -2.96. The molecule has 3 N–H and O–H groups in total. The van der Waals surface area contributed by atoms with Crippen LogP contribution in [0.2, 0.25) is 0 Å². The number of nitrogens with one attached hydrogen (secondary N) is 2. The highest BCUT2D eigenvalue weighted by molar-refractivity contribution is 5.84. The van der Waals surface area contributed by atoms with Gasteiger partial charge in [0.1, 0.15) is 0 Å². The zero-order chi connectivity index (χ0) is 45.7. The Morgan fingerprint density at radius 1 is 0.714 bits per heavy atom. The van der Waals surface area contributed by atoms with Gasteiger partial charge in [-0.3, -0.25) is 9.59 Å². The van der Waals surface area contributed by atoms with Crippen molar-refractivity contribution in [3.8, 4) is 0 Å². The summed E-state index contributed by atoms with van der Waals surface area (Å²) in [5.41, 5.74) is 1.73. The largest absolute Gasteiger partial charge is 0.393 e. The smallest absolute Gasteiger partial charge is 0.226 e. The minimum Gasteiger partial charge on any atom is -0.393 e. The fraction of sp³-hybridized carbons (Fsp3) is 0.719. The molecule has 0 radical (unpaired) electrons. The van der Waals surface area contributed by atoms with Gasteiger partial charge in [-0.25, -0.2) is 0 Å². The minimum atomic E-state index is -0.339. The van der Waals surface area contributed by atoms with Crippen molar-refractivity contribution in [2.45, 2.75) is 171 Å². The van der Waals surface area contributed by atoms with Gasteiger partial charge < -0.3 is 20.6 Å². The number of aliphatic hydroxyl groups excluding tert-OH is 1. The van der Waals surface area contributed by atoms with Crippen molar-refractivity contribution in [2.24, 2.45) is 56.7 Å². The van der Waals surface area contributed by atoms with Crippen molar-refractivity contribution < 1.29 is 14.7 Å². The van der Waals surface area contributed by atoms with Crippen molar-refractivity contribution in [1.29, 1.82) is 0 Å². The number of amides is 2. The number of allylic oxidation sites excluding steroid dienone is 14. The Labute approximate surface area is 385 Å². The van der Waals surface area contributed by atoms with Crippen LogP contribution in [0.25, 0.3) is 0 Å². The van der Waals surface area contributed by atoms with Gasteiger partial charge in [-0.15, -0.1) is 0 Å². The summed E-state index contributed by atoms with van der Waals surface area (Å²) in [5, 5.41) is 17.7. The number of fused-ring (bicyclic) bond motifs is 7. The van der Waals surface area contributed by atoms with E-state index < -0.39 is 0 Å². The number of rotatable bonds is 21. The molecule has 0 aliphatic heterocycles. The Morgan fingerprint density at radius 2 is 1.29 bits per heavy atom. The van der Waals surface area contributed by atoms with Gasteiger partial charge in [0.15, 0.2) is 0 Å². The lowest BCUT2D eigenvalue weighted by atomic mass is 9.33. The predicted molar refractivity (Wildman–Crippen MR) is 266 cm³/mol. The molecule has 3 unspecified atom stereocenters. The molecule has 0 aromatic heterocycles. The van der Waals surface area contributed by atoms with Crippen LogP contribution in [0.4, 0.5) is 0 Å². The molecule has 0 heterocycles. The first-order chi connectivity index (χ1) is 30.1. The Morgan fingerprint density at radius 3 is 1.89 bits per heavy atom. The molecule has 0 spiro atoms. The molecule has 63 heavy (non-hydrogen) atoms. The van der Waals surface area contributed by atoms with Gasteiger partial charge in [-0.2, -0.15) is 0 Å². The maximum atomic E-state index is 14.6. The second-order valence-electron chi connectivity index (χ2n) is 22.0. The van der Waals surface area contributed by atoms with Crippen LogP contribution in [-0.2, 0) is 9.59 Å². The summed E-state index contributed by atoms with van der Waals surface area (Å²) >= 11 is 0. The molecule has 0 saturated heterocycles. The molecule has 0 aromatic rings. The fourth-order valence-electron chi connectivity index (χ4n) is 13.8. The maximum absolute atomic E-state index is 14.6. The minimum absolute atomic E-state index is 0.0507. The van der Waals surface area contributed by atoms with E-state index in [1.54, 1.807) is 5.57 Å². The molecule has 0 aromatic carbocycles. The zero-order valence-corrected chi connectivity index (χ0v) is 41.5. The molecule has 5 aliphatic carbocycles. The quantitative estimate of drug-likeness (QED) is 0.100. The number of hydrogen-bond donors (Lipinski definition) is 3.